The fraction of sp³-hybridized carbons (Fsp3) is 0.400. The van der Waals surface area contributed by atoms with Crippen molar-refractivity contribution in [3.8, 4) is 5.69 Å². The van der Waals surface area contributed by atoms with Crippen molar-refractivity contribution < 1.29 is 4.52 Å². The van der Waals surface area contributed by atoms with Crippen LogP contribution in [0.3, 0.4) is 0 Å². The highest BCUT2D eigenvalue weighted by atomic mass is 16.5. The van der Waals surface area contributed by atoms with E-state index in [0.717, 1.165) is 29.4 Å². The van der Waals surface area contributed by atoms with E-state index in [1.54, 1.807) is 0 Å². The van der Waals surface area contributed by atoms with Crippen molar-refractivity contribution in [3.05, 3.63) is 65.1 Å². The van der Waals surface area contributed by atoms with Crippen molar-refractivity contribution in [2.75, 3.05) is 0 Å². The normalized spacial score (nSPS) is 13.8. The Hall–Kier alpha value is -2.40. The van der Waals surface area contributed by atoms with Crippen molar-refractivity contribution in [3.63, 3.8) is 0 Å². The first kappa shape index (κ1) is 17.4. The molecule has 0 radical (unpaired) electrons. The van der Waals surface area contributed by atoms with Gasteiger partial charge in [-0.15, -0.1) is 0 Å². The van der Waals surface area contributed by atoms with Crippen LogP contribution in [0.2, 0.25) is 0 Å². The summed E-state index contributed by atoms with van der Waals surface area (Å²) in [6.07, 6.45) is 4.79. The molecule has 2 atom stereocenters. The molecule has 3 rings (SSSR count). The Kier molecular flexibility index (Phi) is 5.04. The summed E-state index contributed by atoms with van der Waals surface area (Å²) in [6, 6.07) is 9.09. The zero-order chi connectivity index (χ0) is 18.0. The van der Waals surface area contributed by atoms with Crippen LogP contribution in [0.1, 0.15) is 60.8 Å². The van der Waals surface area contributed by atoms with Crippen LogP contribution in [0.4, 0.5) is 0 Å². The second-order valence-corrected chi connectivity index (χ2v) is 6.52. The molecule has 5 heteroatoms. The summed E-state index contributed by atoms with van der Waals surface area (Å²) in [7, 11) is 0. The lowest BCUT2D eigenvalue weighted by Gasteiger charge is -2.23. The minimum atomic E-state index is 0.233. The van der Waals surface area contributed by atoms with Crippen LogP contribution in [0.15, 0.2) is 41.2 Å². The molecule has 3 aromatic rings. The third kappa shape index (κ3) is 3.51. The molecule has 132 valence electrons. The Morgan fingerprint density at radius 3 is 2.40 bits per heavy atom. The number of rotatable bonds is 6. The number of nitrogens with zero attached hydrogens (tertiary/aromatic N) is 3. The first-order valence-electron chi connectivity index (χ1n) is 8.80. The predicted octanol–water partition coefficient (Wildman–Crippen LogP) is 4.59. The average molecular weight is 338 g/mol. The molecule has 0 saturated heterocycles. The maximum Gasteiger partial charge on any atom is 0.138 e. The minimum Gasteiger partial charge on any atom is -0.361 e. The number of nitrogens with one attached hydrogen (secondary N) is 1. The van der Waals surface area contributed by atoms with Crippen molar-refractivity contribution >= 4 is 0 Å². The third-order valence-electron chi connectivity index (χ3n) is 4.79. The molecule has 1 aromatic carbocycles. The highest BCUT2D eigenvalue weighted by molar-refractivity contribution is 5.37. The van der Waals surface area contributed by atoms with Gasteiger partial charge in [-0.25, -0.2) is 4.98 Å². The zero-order valence-electron chi connectivity index (χ0n) is 15.6. The van der Waals surface area contributed by atoms with Gasteiger partial charge in [0.15, 0.2) is 0 Å². The highest BCUT2D eigenvalue weighted by Gasteiger charge is 2.21. The molecule has 2 heterocycles. The molecule has 2 aromatic heterocycles. The molecule has 0 amide bonds. The second-order valence-electron chi connectivity index (χ2n) is 6.52. The summed E-state index contributed by atoms with van der Waals surface area (Å²) in [5, 5.41) is 7.80. The maximum absolute atomic E-state index is 5.33. The van der Waals surface area contributed by atoms with E-state index in [4.69, 9.17) is 4.52 Å². The fourth-order valence-corrected chi connectivity index (χ4v) is 3.37. The summed E-state index contributed by atoms with van der Waals surface area (Å²) in [4.78, 5) is 4.28. The van der Waals surface area contributed by atoms with Gasteiger partial charge in [0.1, 0.15) is 11.6 Å². The van der Waals surface area contributed by atoms with Gasteiger partial charge in [0.05, 0.1) is 5.69 Å². The predicted molar refractivity (Wildman–Crippen MR) is 98.9 cm³/mol. The monoisotopic (exact) mass is 338 g/mol. The molecule has 0 spiro atoms. The topological polar surface area (TPSA) is 55.9 Å². The van der Waals surface area contributed by atoms with Gasteiger partial charge in [0, 0.05) is 35.7 Å². The van der Waals surface area contributed by atoms with E-state index in [2.05, 4.69) is 58.1 Å². The SMILES string of the molecule is CC[C@@H](N[C@@H](C)c1ccc(-n2ccnc2C)cc1)c1c(C)noc1C. The summed E-state index contributed by atoms with van der Waals surface area (Å²) >= 11 is 0. The van der Waals surface area contributed by atoms with Crippen molar-refractivity contribution in [1.82, 2.24) is 20.0 Å². The molecule has 5 nitrogen and oxygen atoms in total. The number of aryl methyl sites for hydroxylation is 3. The first-order valence-corrected chi connectivity index (χ1v) is 8.80. The fourth-order valence-electron chi connectivity index (χ4n) is 3.37. The van der Waals surface area contributed by atoms with Crippen molar-refractivity contribution in [1.29, 1.82) is 0 Å². The largest absolute Gasteiger partial charge is 0.361 e. The molecule has 0 aliphatic heterocycles. The van der Waals surface area contributed by atoms with Crippen molar-refractivity contribution in [2.24, 2.45) is 0 Å². The number of hydrogen-bond acceptors (Lipinski definition) is 4. The van der Waals surface area contributed by atoms with E-state index in [-0.39, 0.29) is 12.1 Å². The highest BCUT2D eigenvalue weighted by Crippen LogP contribution is 2.27. The zero-order valence-corrected chi connectivity index (χ0v) is 15.6. The number of benzene rings is 1. The van der Waals surface area contributed by atoms with E-state index < -0.39 is 0 Å². The van der Waals surface area contributed by atoms with Gasteiger partial charge in [-0.1, -0.05) is 24.2 Å². The van der Waals surface area contributed by atoms with Crippen LogP contribution in [0, 0.1) is 20.8 Å². The van der Waals surface area contributed by atoms with Gasteiger partial charge in [0.2, 0.25) is 0 Å². The van der Waals surface area contributed by atoms with Crippen LogP contribution in [-0.4, -0.2) is 14.7 Å². The summed E-state index contributed by atoms with van der Waals surface area (Å²) < 4.78 is 7.42. The quantitative estimate of drug-likeness (QED) is 0.714. The average Bonchev–Trinajstić information content (AvgIpc) is 3.18. The Balaban J connectivity index is 1.76. The lowest BCUT2D eigenvalue weighted by molar-refractivity contribution is 0.387. The van der Waals surface area contributed by atoms with Gasteiger partial charge >= 0.3 is 0 Å². The van der Waals surface area contributed by atoms with Gasteiger partial charge in [-0.2, -0.15) is 0 Å². The molecule has 25 heavy (non-hydrogen) atoms. The maximum atomic E-state index is 5.33. The molecule has 0 aliphatic carbocycles. The van der Waals surface area contributed by atoms with Crippen LogP contribution in [0.5, 0.6) is 0 Å². The lowest BCUT2D eigenvalue weighted by Crippen LogP contribution is -2.25. The van der Waals surface area contributed by atoms with Crippen LogP contribution in [0.25, 0.3) is 5.69 Å². The number of aromatic nitrogens is 3. The third-order valence-corrected chi connectivity index (χ3v) is 4.79. The number of imidazole rings is 1. The standard InChI is InChI=1S/C20H26N4O/c1-6-19(20-14(3)23-25-15(20)4)22-13(2)17-7-9-18(10-8-17)24-12-11-21-16(24)5/h7-13,19,22H,6H2,1-5H3/t13-,19+/m0/s1. The molecular formula is C20H26N4O. The van der Waals surface area contributed by atoms with Crippen LogP contribution < -0.4 is 5.32 Å². The Labute approximate surface area is 149 Å². The molecule has 0 fully saturated rings. The van der Waals surface area contributed by atoms with Gasteiger partial charge in [0.25, 0.3) is 0 Å². The Morgan fingerprint density at radius 2 is 1.88 bits per heavy atom. The van der Waals surface area contributed by atoms with E-state index in [1.807, 2.05) is 33.2 Å². The van der Waals surface area contributed by atoms with E-state index in [1.165, 1.54) is 11.1 Å². The molecule has 1 N–H and O–H groups in total. The smallest absolute Gasteiger partial charge is 0.138 e. The molecular weight excluding hydrogens is 312 g/mol. The van der Waals surface area contributed by atoms with Crippen molar-refractivity contribution in [2.45, 2.75) is 53.1 Å². The number of hydrogen-bond donors (Lipinski definition) is 1. The Morgan fingerprint density at radius 1 is 1.16 bits per heavy atom. The molecule has 0 aliphatic rings. The van der Waals surface area contributed by atoms with Crippen LogP contribution >= 0.6 is 0 Å². The van der Waals surface area contributed by atoms with Gasteiger partial charge in [-0.3, -0.25) is 0 Å². The second kappa shape index (κ2) is 7.23. The first-order chi connectivity index (χ1) is 12.0. The van der Waals surface area contributed by atoms with E-state index in [0.29, 0.717) is 0 Å². The summed E-state index contributed by atoms with van der Waals surface area (Å²) in [5.74, 6) is 1.89. The summed E-state index contributed by atoms with van der Waals surface area (Å²) in [5.41, 5.74) is 4.53. The molecule has 0 saturated carbocycles. The van der Waals surface area contributed by atoms with Gasteiger partial charge < -0.3 is 14.4 Å². The minimum absolute atomic E-state index is 0.233. The molecule has 0 bridgehead atoms. The van der Waals surface area contributed by atoms with E-state index in [9.17, 15) is 0 Å². The van der Waals surface area contributed by atoms with Crippen LogP contribution in [-0.2, 0) is 0 Å². The molecule has 0 unspecified atom stereocenters. The van der Waals surface area contributed by atoms with E-state index >= 15 is 0 Å². The summed E-state index contributed by atoms with van der Waals surface area (Å²) in [6.45, 7) is 10.4. The van der Waals surface area contributed by atoms with Gasteiger partial charge in [-0.05, 0) is 51.8 Å². The Bertz CT molecular complexity index is 812. The lowest BCUT2D eigenvalue weighted by atomic mass is 10.00.